The number of aromatic nitrogens is 4. The summed E-state index contributed by atoms with van der Waals surface area (Å²) in [6.45, 7) is -0.589. The summed E-state index contributed by atoms with van der Waals surface area (Å²) in [5.41, 5.74) is -1.14. The maximum absolute atomic E-state index is 12.2. The van der Waals surface area contributed by atoms with Crippen LogP contribution in [0.25, 0.3) is 11.2 Å². The Bertz CT molecular complexity index is 883. The van der Waals surface area contributed by atoms with Crippen LogP contribution in [-0.2, 0) is 18.8 Å². The first-order valence-electron chi connectivity index (χ1n) is 7.22. The summed E-state index contributed by atoms with van der Waals surface area (Å²) in [6.07, 6.45) is -5.81. The van der Waals surface area contributed by atoms with Gasteiger partial charge in [-0.3, -0.25) is 18.5 Å². The Balaban J connectivity index is 2.20. The van der Waals surface area contributed by atoms with Gasteiger partial charge in [0.1, 0.15) is 24.4 Å². The molecule has 0 amide bonds. The van der Waals surface area contributed by atoms with Crippen LogP contribution in [0.15, 0.2) is 15.9 Å². The third kappa shape index (κ3) is 2.21. The van der Waals surface area contributed by atoms with Crippen molar-refractivity contribution in [3.63, 3.8) is 0 Å². The van der Waals surface area contributed by atoms with Gasteiger partial charge in [0.05, 0.1) is 12.9 Å². The highest BCUT2D eigenvalue weighted by Gasteiger charge is 2.44. The lowest BCUT2D eigenvalue weighted by atomic mass is 9.98. The van der Waals surface area contributed by atoms with Crippen molar-refractivity contribution >= 4 is 11.2 Å². The summed E-state index contributed by atoms with van der Waals surface area (Å²) in [6, 6.07) is 0. The average Bonchev–Trinajstić information content (AvgIpc) is 3.01. The van der Waals surface area contributed by atoms with E-state index in [1.54, 1.807) is 0 Å². The number of aryl methyl sites for hydroxylation is 1. The molecule has 3 heterocycles. The number of aliphatic hydroxyl groups excluding tert-OH is 4. The minimum absolute atomic E-state index is 0.0171. The number of ether oxygens (including phenoxy) is 1. The first kappa shape index (κ1) is 16.8. The zero-order valence-corrected chi connectivity index (χ0v) is 13.0. The van der Waals surface area contributed by atoms with Gasteiger partial charge in [-0.1, -0.05) is 0 Å². The van der Waals surface area contributed by atoms with Crippen LogP contribution in [-0.4, -0.2) is 70.1 Å². The summed E-state index contributed by atoms with van der Waals surface area (Å²) in [5, 5.41) is 39.2. The summed E-state index contributed by atoms with van der Waals surface area (Å²) in [4.78, 5) is 28.2. The number of hydrogen-bond donors (Lipinski definition) is 4. The van der Waals surface area contributed by atoms with Gasteiger partial charge >= 0.3 is 5.69 Å². The first-order valence-corrected chi connectivity index (χ1v) is 7.22. The normalized spacial score (nSPS) is 30.8. The van der Waals surface area contributed by atoms with Crippen LogP contribution in [0.4, 0.5) is 0 Å². The second kappa shape index (κ2) is 5.79. The first-order chi connectivity index (χ1) is 11.3. The lowest BCUT2D eigenvalue weighted by Crippen LogP contribution is -2.56. The van der Waals surface area contributed by atoms with E-state index in [2.05, 4.69) is 4.98 Å². The number of hydrogen-bond acceptors (Lipinski definition) is 8. The van der Waals surface area contributed by atoms with Gasteiger partial charge in [0, 0.05) is 14.1 Å². The topological polar surface area (TPSA) is 152 Å². The molecule has 0 bridgehead atoms. The smallest absolute Gasteiger partial charge is 0.332 e. The van der Waals surface area contributed by atoms with Crippen LogP contribution in [0.2, 0.25) is 0 Å². The predicted molar refractivity (Wildman–Crippen MR) is 79.2 cm³/mol. The van der Waals surface area contributed by atoms with Crippen molar-refractivity contribution in [3.05, 3.63) is 27.2 Å². The molecular formula is C13H18N4O7. The van der Waals surface area contributed by atoms with E-state index in [4.69, 9.17) is 4.74 Å². The van der Waals surface area contributed by atoms with Crippen LogP contribution in [0, 0.1) is 0 Å². The Morgan fingerprint density at radius 1 is 1.12 bits per heavy atom. The second-order valence-electron chi connectivity index (χ2n) is 5.75. The van der Waals surface area contributed by atoms with Crippen LogP contribution in [0.3, 0.4) is 0 Å². The van der Waals surface area contributed by atoms with Gasteiger partial charge in [0.2, 0.25) is 0 Å². The Labute approximate surface area is 134 Å². The molecule has 1 saturated heterocycles. The largest absolute Gasteiger partial charge is 0.394 e. The summed E-state index contributed by atoms with van der Waals surface area (Å²) < 4.78 is 8.71. The summed E-state index contributed by atoms with van der Waals surface area (Å²) in [7, 11) is 2.74. The molecule has 1 aliphatic rings. The number of aliphatic hydroxyl groups is 4. The molecule has 24 heavy (non-hydrogen) atoms. The minimum atomic E-state index is -1.58. The highest BCUT2D eigenvalue weighted by atomic mass is 16.6. The zero-order chi connectivity index (χ0) is 17.8. The third-order valence-electron chi connectivity index (χ3n) is 4.31. The molecule has 0 spiro atoms. The van der Waals surface area contributed by atoms with Crippen LogP contribution in [0.1, 0.15) is 6.23 Å². The molecule has 1 fully saturated rings. The molecule has 0 aromatic carbocycles. The minimum Gasteiger partial charge on any atom is -0.394 e. The molecule has 5 atom stereocenters. The van der Waals surface area contributed by atoms with E-state index in [1.165, 1.54) is 25.0 Å². The van der Waals surface area contributed by atoms with Gasteiger partial charge in [-0.05, 0) is 0 Å². The summed E-state index contributed by atoms with van der Waals surface area (Å²) >= 11 is 0. The Morgan fingerprint density at radius 2 is 1.79 bits per heavy atom. The molecule has 2 aromatic heterocycles. The van der Waals surface area contributed by atoms with Crippen molar-refractivity contribution < 1.29 is 25.2 Å². The molecule has 0 radical (unpaired) electrons. The number of imidazole rings is 1. The maximum Gasteiger partial charge on any atom is 0.332 e. The van der Waals surface area contributed by atoms with E-state index < -0.39 is 48.5 Å². The molecule has 0 saturated carbocycles. The number of fused-ring (bicyclic) bond motifs is 1. The fraction of sp³-hybridized carbons (Fsp3) is 0.615. The molecule has 2 aromatic rings. The fourth-order valence-corrected chi connectivity index (χ4v) is 2.90. The second-order valence-corrected chi connectivity index (χ2v) is 5.75. The van der Waals surface area contributed by atoms with Crippen LogP contribution in [0.5, 0.6) is 0 Å². The molecule has 3 rings (SSSR count). The van der Waals surface area contributed by atoms with Gasteiger partial charge in [-0.25, -0.2) is 9.78 Å². The molecule has 11 nitrogen and oxygen atoms in total. The number of rotatable bonds is 2. The van der Waals surface area contributed by atoms with Crippen LogP contribution >= 0.6 is 0 Å². The van der Waals surface area contributed by atoms with Crippen LogP contribution < -0.4 is 11.2 Å². The quantitative estimate of drug-likeness (QED) is 0.437. The van der Waals surface area contributed by atoms with Gasteiger partial charge in [0.25, 0.3) is 5.56 Å². The zero-order valence-electron chi connectivity index (χ0n) is 13.0. The molecule has 1 unspecified atom stereocenters. The van der Waals surface area contributed by atoms with E-state index >= 15 is 0 Å². The van der Waals surface area contributed by atoms with Crippen molar-refractivity contribution in [1.82, 2.24) is 18.7 Å². The average molecular weight is 342 g/mol. The number of nitrogens with zero attached hydrogens (tertiary/aromatic N) is 4. The predicted octanol–water partition coefficient (Wildman–Crippen LogP) is -3.59. The summed E-state index contributed by atoms with van der Waals surface area (Å²) in [5.74, 6) is 0. The Kier molecular flexibility index (Phi) is 4.05. The monoisotopic (exact) mass is 342 g/mol. The highest BCUT2D eigenvalue weighted by molar-refractivity contribution is 5.70. The standard InChI is InChI=1S/C13H18N4O7/c1-15-10-6(11(22)16(2)13(15)23)14-4-17(10)12-9(21)8(20)7(19)5(3-18)24-12/h4-5,7-9,12,18-21H,3H2,1-2H3/t5-,7-,8+,9-,12?/m1/s1. The van der Waals surface area contributed by atoms with E-state index in [9.17, 15) is 30.0 Å². The van der Waals surface area contributed by atoms with E-state index in [1.807, 2.05) is 0 Å². The van der Waals surface area contributed by atoms with Crippen molar-refractivity contribution in [2.24, 2.45) is 14.1 Å². The van der Waals surface area contributed by atoms with Crippen molar-refractivity contribution in [2.45, 2.75) is 30.6 Å². The molecule has 132 valence electrons. The molecule has 1 aliphatic heterocycles. The van der Waals surface area contributed by atoms with Gasteiger partial charge in [0.15, 0.2) is 17.4 Å². The fourth-order valence-electron chi connectivity index (χ4n) is 2.90. The Hall–Kier alpha value is -2.05. The third-order valence-corrected chi connectivity index (χ3v) is 4.31. The molecular weight excluding hydrogens is 324 g/mol. The van der Waals surface area contributed by atoms with Crippen molar-refractivity contribution in [3.8, 4) is 0 Å². The maximum atomic E-state index is 12.2. The van der Waals surface area contributed by atoms with Gasteiger partial charge < -0.3 is 25.2 Å². The molecule has 4 N–H and O–H groups in total. The van der Waals surface area contributed by atoms with Crippen molar-refractivity contribution in [2.75, 3.05) is 6.61 Å². The Morgan fingerprint density at radius 3 is 2.42 bits per heavy atom. The van der Waals surface area contributed by atoms with Crippen molar-refractivity contribution in [1.29, 1.82) is 0 Å². The van der Waals surface area contributed by atoms with E-state index in [0.717, 1.165) is 9.13 Å². The van der Waals surface area contributed by atoms with E-state index in [0.29, 0.717) is 0 Å². The SMILES string of the molecule is Cn1c(=O)c2ncn(C3O[C@H](CO)[C@@H](O)[C@H](O)[C@H]3O)c2n(C)c1=O. The highest BCUT2D eigenvalue weighted by Crippen LogP contribution is 2.29. The lowest BCUT2D eigenvalue weighted by Gasteiger charge is -2.40. The van der Waals surface area contributed by atoms with E-state index in [-0.39, 0.29) is 11.2 Å². The lowest BCUT2D eigenvalue weighted by molar-refractivity contribution is -0.250. The van der Waals surface area contributed by atoms with Gasteiger partial charge in [-0.2, -0.15) is 0 Å². The molecule has 11 heteroatoms. The molecule has 0 aliphatic carbocycles. The van der Waals surface area contributed by atoms with Gasteiger partial charge in [-0.15, -0.1) is 0 Å².